The fourth-order valence-corrected chi connectivity index (χ4v) is 3.33. The van der Waals surface area contributed by atoms with Crippen LogP contribution in [0.5, 0.6) is 0 Å². The number of benzene rings is 2. The van der Waals surface area contributed by atoms with Gasteiger partial charge < -0.3 is 14.9 Å². The fourth-order valence-electron chi connectivity index (χ4n) is 3.21. The van der Waals surface area contributed by atoms with Crippen LogP contribution in [0.4, 0.5) is 15.9 Å². The van der Waals surface area contributed by atoms with Crippen LogP contribution in [0.25, 0.3) is 5.69 Å². The Balaban J connectivity index is 1.57. The van der Waals surface area contributed by atoms with Crippen molar-refractivity contribution in [3.8, 4) is 5.69 Å². The largest absolute Gasteiger partial charge is 0.476 e. The lowest BCUT2D eigenvalue weighted by atomic mass is 10.2. The maximum absolute atomic E-state index is 14.0. The molecule has 0 amide bonds. The molecule has 0 radical (unpaired) electrons. The van der Waals surface area contributed by atoms with Crippen LogP contribution in [-0.2, 0) is 0 Å². The zero-order chi connectivity index (χ0) is 19.7. The Kier molecular flexibility index (Phi) is 4.87. The summed E-state index contributed by atoms with van der Waals surface area (Å²) in [5, 5.41) is 18.6. The first kappa shape index (κ1) is 18.2. The maximum Gasteiger partial charge on any atom is 0.360 e. The van der Waals surface area contributed by atoms with Crippen molar-refractivity contribution in [1.82, 2.24) is 15.0 Å². The van der Waals surface area contributed by atoms with Gasteiger partial charge in [0.1, 0.15) is 5.82 Å². The molecule has 1 fully saturated rings. The van der Waals surface area contributed by atoms with Gasteiger partial charge in [0.15, 0.2) is 5.82 Å². The topological polar surface area (TPSA) is 74.5 Å². The van der Waals surface area contributed by atoms with Crippen molar-refractivity contribution in [2.24, 2.45) is 0 Å². The fraction of sp³-hybridized carbons (Fsp3) is 0.211. The van der Waals surface area contributed by atoms with Gasteiger partial charge in [0, 0.05) is 31.2 Å². The molecule has 0 spiro atoms. The predicted octanol–water partition coefficient (Wildman–Crippen LogP) is 3.08. The quantitative estimate of drug-likeness (QED) is 0.724. The molecular weight excluding hydrogens is 385 g/mol. The molecule has 1 aliphatic rings. The van der Waals surface area contributed by atoms with E-state index in [1.165, 1.54) is 10.9 Å². The van der Waals surface area contributed by atoms with E-state index in [1.54, 1.807) is 42.5 Å². The number of hydrogen-bond acceptors (Lipinski definition) is 5. The molecule has 1 N–H and O–H groups in total. The van der Waals surface area contributed by atoms with E-state index in [-0.39, 0.29) is 11.5 Å². The second-order valence-electron chi connectivity index (χ2n) is 6.37. The average Bonchev–Trinajstić information content (AvgIpc) is 3.15. The van der Waals surface area contributed by atoms with E-state index in [0.717, 1.165) is 0 Å². The molecule has 9 heteroatoms. The van der Waals surface area contributed by atoms with E-state index in [0.29, 0.717) is 48.4 Å². The third-order valence-electron chi connectivity index (χ3n) is 4.63. The van der Waals surface area contributed by atoms with Gasteiger partial charge in [-0.3, -0.25) is 0 Å². The molecule has 0 saturated carbocycles. The Labute approximate surface area is 165 Å². The smallest absolute Gasteiger partial charge is 0.360 e. The van der Waals surface area contributed by atoms with Crippen LogP contribution in [0, 0.1) is 5.82 Å². The first-order chi connectivity index (χ1) is 13.5. The summed E-state index contributed by atoms with van der Waals surface area (Å²) in [7, 11) is 0. The minimum absolute atomic E-state index is 0.116. The van der Waals surface area contributed by atoms with Gasteiger partial charge in [-0.2, -0.15) is 0 Å². The van der Waals surface area contributed by atoms with Gasteiger partial charge in [0.2, 0.25) is 5.69 Å². The molecule has 0 unspecified atom stereocenters. The summed E-state index contributed by atoms with van der Waals surface area (Å²) in [6, 6.07) is 13.4. The van der Waals surface area contributed by atoms with E-state index in [9.17, 15) is 14.3 Å². The summed E-state index contributed by atoms with van der Waals surface area (Å²) in [4.78, 5) is 16.8. The van der Waals surface area contributed by atoms with Crippen molar-refractivity contribution in [3.05, 3.63) is 65.1 Å². The SMILES string of the molecule is O=C(O)c1nn(-c2ccc(Cl)cc2)nc1N1CCN(c2ccccc2F)CC1. The summed E-state index contributed by atoms with van der Waals surface area (Å²) in [5.74, 6) is -1.11. The van der Waals surface area contributed by atoms with Crippen molar-refractivity contribution in [2.75, 3.05) is 36.0 Å². The Morgan fingerprint density at radius 1 is 0.964 bits per heavy atom. The van der Waals surface area contributed by atoms with E-state index >= 15 is 0 Å². The molecule has 4 rings (SSSR count). The Bertz CT molecular complexity index is 1000. The molecule has 0 bridgehead atoms. The summed E-state index contributed by atoms with van der Waals surface area (Å²) in [5.41, 5.74) is 1.04. The molecule has 3 aromatic rings. The zero-order valence-corrected chi connectivity index (χ0v) is 15.6. The molecule has 2 heterocycles. The van der Waals surface area contributed by atoms with Crippen LogP contribution in [-0.4, -0.2) is 52.2 Å². The minimum Gasteiger partial charge on any atom is -0.476 e. The molecule has 0 aliphatic carbocycles. The van der Waals surface area contributed by atoms with Crippen molar-refractivity contribution in [2.45, 2.75) is 0 Å². The van der Waals surface area contributed by atoms with Crippen molar-refractivity contribution < 1.29 is 14.3 Å². The molecular formula is C19H17ClFN5O2. The van der Waals surface area contributed by atoms with Crippen LogP contribution in [0.3, 0.4) is 0 Å². The van der Waals surface area contributed by atoms with Gasteiger partial charge in [-0.25, -0.2) is 9.18 Å². The molecule has 1 saturated heterocycles. The minimum atomic E-state index is -1.15. The Morgan fingerprint density at radius 2 is 1.61 bits per heavy atom. The highest BCUT2D eigenvalue weighted by Crippen LogP contribution is 2.24. The highest BCUT2D eigenvalue weighted by Gasteiger charge is 2.27. The number of para-hydroxylation sites is 1. The lowest BCUT2D eigenvalue weighted by Crippen LogP contribution is -2.47. The first-order valence-electron chi connectivity index (χ1n) is 8.74. The second kappa shape index (κ2) is 7.47. The molecule has 1 aromatic heterocycles. The van der Waals surface area contributed by atoms with Gasteiger partial charge in [-0.05, 0) is 36.4 Å². The zero-order valence-electron chi connectivity index (χ0n) is 14.8. The summed E-state index contributed by atoms with van der Waals surface area (Å²) < 4.78 is 14.0. The van der Waals surface area contributed by atoms with Gasteiger partial charge in [-0.15, -0.1) is 15.0 Å². The third-order valence-corrected chi connectivity index (χ3v) is 4.88. The highest BCUT2D eigenvalue weighted by molar-refractivity contribution is 6.30. The van der Waals surface area contributed by atoms with Crippen LogP contribution >= 0.6 is 11.6 Å². The van der Waals surface area contributed by atoms with Crippen molar-refractivity contribution in [3.63, 3.8) is 0 Å². The Hall–Kier alpha value is -3.13. The number of aromatic nitrogens is 3. The number of nitrogens with zero attached hydrogens (tertiary/aromatic N) is 5. The standard InChI is InChI=1S/C19H17ClFN5O2/c20-13-5-7-14(8-6-13)26-22-17(19(27)28)18(23-26)25-11-9-24(10-12-25)16-4-2-1-3-15(16)21/h1-8H,9-12H2,(H,27,28). The van der Waals surface area contributed by atoms with Gasteiger partial charge in [-0.1, -0.05) is 23.7 Å². The number of carboxylic acids is 1. The summed E-state index contributed by atoms with van der Waals surface area (Å²) in [6.45, 7) is 2.11. The number of hydrogen-bond donors (Lipinski definition) is 1. The van der Waals surface area contributed by atoms with Crippen LogP contribution in [0.1, 0.15) is 10.5 Å². The molecule has 0 atom stereocenters. The molecule has 7 nitrogen and oxygen atoms in total. The predicted molar refractivity (Wildman–Crippen MR) is 104 cm³/mol. The number of rotatable bonds is 4. The molecule has 144 valence electrons. The Morgan fingerprint density at radius 3 is 2.25 bits per heavy atom. The molecule has 28 heavy (non-hydrogen) atoms. The first-order valence-corrected chi connectivity index (χ1v) is 9.12. The van der Waals surface area contributed by atoms with E-state index in [2.05, 4.69) is 10.2 Å². The number of halogens is 2. The van der Waals surface area contributed by atoms with Crippen molar-refractivity contribution in [1.29, 1.82) is 0 Å². The van der Waals surface area contributed by atoms with E-state index in [4.69, 9.17) is 11.6 Å². The normalized spacial score (nSPS) is 14.4. The molecule has 1 aliphatic heterocycles. The lowest BCUT2D eigenvalue weighted by molar-refractivity contribution is 0.0690. The summed E-state index contributed by atoms with van der Waals surface area (Å²) >= 11 is 5.90. The number of carboxylic acid groups (broad SMARTS) is 1. The average molecular weight is 402 g/mol. The van der Waals surface area contributed by atoms with E-state index in [1.807, 2.05) is 9.80 Å². The van der Waals surface area contributed by atoms with Gasteiger partial charge >= 0.3 is 5.97 Å². The van der Waals surface area contributed by atoms with Crippen LogP contribution in [0.2, 0.25) is 5.02 Å². The van der Waals surface area contributed by atoms with Gasteiger partial charge in [0.05, 0.1) is 11.4 Å². The number of piperazine rings is 1. The maximum atomic E-state index is 14.0. The van der Waals surface area contributed by atoms with Gasteiger partial charge in [0.25, 0.3) is 0 Å². The van der Waals surface area contributed by atoms with Crippen LogP contribution < -0.4 is 9.80 Å². The third kappa shape index (κ3) is 3.50. The highest BCUT2D eigenvalue weighted by atomic mass is 35.5. The number of carbonyl (C=O) groups is 1. The summed E-state index contributed by atoms with van der Waals surface area (Å²) in [6.07, 6.45) is 0. The lowest BCUT2D eigenvalue weighted by Gasteiger charge is -2.36. The second-order valence-corrected chi connectivity index (χ2v) is 6.81. The monoisotopic (exact) mass is 401 g/mol. The van der Waals surface area contributed by atoms with Crippen LogP contribution in [0.15, 0.2) is 48.5 Å². The number of aromatic carboxylic acids is 1. The van der Waals surface area contributed by atoms with E-state index < -0.39 is 5.97 Å². The molecule has 2 aromatic carbocycles. The number of anilines is 2. The van der Waals surface area contributed by atoms with Crippen molar-refractivity contribution >= 4 is 29.1 Å².